The first-order valence-electron chi connectivity index (χ1n) is 13.9. The Hall–Kier alpha value is -2.74. The van der Waals surface area contributed by atoms with Crippen LogP contribution in [0.4, 0.5) is 0 Å². The van der Waals surface area contributed by atoms with Gasteiger partial charge in [0.2, 0.25) is 0 Å². The number of hydrogen-bond acceptors (Lipinski definition) is 6. The van der Waals surface area contributed by atoms with Gasteiger partial charge in [-0.25, -0.2) is 4.68 Å². The fourth-order valence-electron chi connectivity index (χ4n) is 6.30. The number of hydrogen-bond donors (Lipinski definition) is 1. The average Bonchev–Trinajstić information content (AvgIpc) is 3.41. The van der Waals surface area contributed by atoms with Crippen molar-refractivity contribution in [3.63, 3.8) is 0 Å². The van der Waals surface area contributed by atoms with Crippen LogP contribution in [0.3, 0.4) is 0 Å². The Morgan fingerprint density at radius 3 is 2.56 bits per heavy atom. The second-order valence-corrected chi connectivity index (χ2v) is 10.6. The van der Waals surface area contributed by atoms with Crippen molar-refractivity contribution in [1.82, 2.24) is 30.1 Å². The van der Waals surface area contributed by atoms with Crippen LogP contribution in [-0.2, 0) is 6.54 Å². The lowest BCUT2D eigenvalue weighted by Crippen LogP contribution is -2.41. The van der Waals surface area contributed by atoms with E-state index in [1.165, 1.54) is 38.5 Å². The lowest BCUT2D eigenvalue weighted by molar-refractivity contribution is 0.0789. The molecule has 0 bridgehead atoms. The first kappa shape index (κ1) is 24.9. The van der Waals surface area contributed by atoms with E-state index in [-0.39, 0.29) is 11.6 Å². The van der Waals surface area contributed by atoms with Crippen LogP contribution in [0.5, 0.6) is 5.75 Å². The number of nitrogens with zero attached hydrogens (tertiary/aromatic N) is 5. The van der Waals surface area contributed by atoms with Gasteiger partial charge in [0.15, 0.2) is 5.82 Å². The van der Waals surface area contributed by atoms with E-state index in [4.69, 9.17) is 4.74 Å². The highest BCUT2D eigenvalue weighted by Gasteiger charge is 2.34. The second kappa shape index (κ2) is 11.5. The van der Waals surface area contributed by atoms with Crippen LogP contribution in [-0.4, -0.2) is 43.2 Å². The fraction of sp³-hybridized carbons (Fsp3) is 0.643. The minimum atomic E-state index is -0.0290. The molecule has 194 valence electrons. The standard InChI is InChI=1S/C28H40N6O2/c1-3-10-26(27-30-31-32-34(27)23-13-8-5-9-14-23)33(22-11-6-4-7-12-22)19-21-17-20-15-16-24(36-2)18-25(20)29-28(21)35/h15-18,22-23,26H,3-14,19H2,1-2H3,(H,29,35)/t26-/m0/s1. The summed E-state index contributed by atoms with van der Waals surface area (Å²) in [7, 11) is 1.64. The average molecular weight is 493 g/mol. The van der Waals surface area contributed by atoms with Crippen LogP contribution in [0.2, 0.25) is 0 Å². The van der Waals surface area contributed by atoms with Crippen LogP contribution < -0.4 is 10.3 Å². The normalized spacial score (nSPS) is 18.6. The third kappa shape index (κ3) is 5.33. The number of fused-ring (bicyclic) bond motifs is 1. The number of rotatable bonds is 9. The summed E-state index contributed by atoms with van der Waals surface area (Å²) in [5, 5.41) is 14.3. The quantitative estimate of drug-likeness (QED) is 0.412. The number of H-pyrrole nitrogens is 1. The molecule has 1 aromatic carbocycles. The van der Waals surface area contributed by atoms with Crippen LogP contribution in [0.25, 0.3) is 10.9 Å². The van der Waals surface area contributed by atoms with Crippen molar-refractivity contribution in [3.05, 3.63) is 46.0 Å². The predicted molar refractivity (Wildman–Crippen MR) is 141 cm³/mol. The number of benzene rings is 1. The molecule has 2 aliphatic carbocycles. The molecule has 0 aliphatic heterocycles. The summed E-state index contributed by atoms with van der Waals surface area (Å²) in [5.74, 6) is 1.73. The van der Waals surface area contributed by atoms with Gasteiger partial charge in [0.1, 0.15) is 5.75 Å². The molecule has 0 radical (unpaired) electrons. The number of aromatic amines is 1. The van der Waals surface area contributed by atoms with Gasteiger partial charge in [-0.3, -0.25) is 9.69 Å². The number of methoxy groups -OCH3 is 1. The molecule has 1 N–H and O–H groups in total. The fourth-order valence-corrected chi connectivity index (χ4v) is 6.30. The molecule has 5 rings (SSSR count). The van der Waals surface area contributed by atoms with Gasteiger partial charge in [-0.2, -0.15) is 0 Å². The Kier molecular flexibility index (Phi) is 7.99. The zero-order valence-electron chi connectivity index (χ0n) is 21.8. The van der Waals surface area contributed by atoms with Crippen molar-refractivity contribution in [2.45, 2.75) is 109 Å². The van der Waals surface area contributed by atoms with E-state index in [0.29, 0.717) is 18.6 Å². The molecule has 8 nitrogen and oxygen atoms in total. The number of aromatic nitrogens is 5. The molecule has 0 spiro atoms. The van der Waals surface area contributed by atoms with Crippen molar-refractivity contribution >= 4 is 10.9 Å². The maximum Gasteiger partial charge on any atom is 0.252 e. The highest BCUT2D eigenvalue weighted by molar-refractivity contribution is 5.80. The van der Waals surface area contributed by atoms with Gasteiger partial charge in [0, 0.05) is 24.2 Å². The minimum Gasteiger partial charge on any atom is -0.497 e. The molecule has 36 heavy (non-hydrogen) atoms. The zero-order valence-corrected chi connectivity index (χ0v) is 21.8. The molecule has 2 aromatic heterocycles. The monoisotopic (exact) mass is 492 g/mol. The van der Waals surface area contributed by atoms with Crippen LogP contribution in [0, 0.1) is 0 Å². The molecule has 8 heteroatoms. The van der Waals surface area contributed by atoms with E-state index >= 15 is 0 Å². The van der Waals surface area contributed by atoms with E-state index in [1.807, 2.05) is 18.2 Å². The van der Waals surface area contributed by atoms with Crippen LogP contribution in [0.1, 0.15) is 107 Å². The van der Waals surface area contributed by atoms with Crippen molar-refractivity contribution < 1.29 is 4.74 Å². The molecule has 2 aliphatic rings. The lowest BCUT2D eigenvalue weighted by Gasteiger charge is -2.40. The molecule has 3 aromatic rings. The van der Waals surface area contributed by atoms with Crippen molar-refractivity contribution in [3.8, 4) is 5.75 Å². The summed E-state index contributed by atoms with van der Waals surface area (Å²) >= 11 is 0. The van der Waals surface area contributed by atoms with E-state index in [9.17, 15) is 4.79 Å². The SMILES string of the molecule is CCC[C@@H](c1nnnn1C1CCCCC1)N(Cc1cc2ccc(OC)cc2[nH]c1=O)C1CCCCC1. The lowest BCUT2D eigenvalue weighted by atomic mass is 9.91. The van der Waals surface area contributed by atoms with Crippen LogP contribution >= 0.6 is 0 Å². The van der Waals surface area contributed by atoms with Gasteiger partial charge >= 0.3 is 0 Å². The summed E-state index contributed by atoms with van der Waals surface area (Å²) in [6.45, 7) is 2.83. The third-order valence-electron chi connectivity index (χ3n) is 8.23. The van der Waals surface area contributed by atoms with Gasteiger partial charge < -0.3 is 9.72 Å². The second-order valence-electron chi connectivity index (χ2n) is 10.6. The van der Waals surface area contributed by atoms with E-state index in [1.54, 1.807) is 7.11 Å². The zero-order chi connectivity index (χ0) is 24.9. The molecule has 0 amide bonds. The summed E-state index contributed by atoms with van der Waals surface area (Å²) in [5.41, 5.74) is 1.58. The molecule has 1 atom stereocenters. The number of ether oxygens (including phenoxy) is 1. The molecular formula is C28H40N6O2. The predicted octanol–water partition coefficient (Wildman–Crippen LogP) is 5.70. The van der Waals surface area contributed by atoms with Gasteiger partial charge in [-0.15, -0.1) is 5.10 Å². The third-order valence-corrected chi connectivity index (χ3v) is 8.23. The molecule has 2 saturated carbocycles. The van der Waals surface area contributed by atoms with E-state index < -0.39 is 0 Å². The molecule has 2 fully saturated rings. The van der Waals surface area contributed by atoms with Gasteiger partial charge in [-0.1, -0.05) is 51.9 Å². The molecular weight excluding hydrogens is 452 g/mol. The van der Waals surface area contributed by atoms with E-state index in [2.05, 4.69) is 43.1 Å². The number of tetrazole rings is 1. The maximum atomic E-state index is 13.3. The summed E-state index contributed by atoms with van der Waals surface area (Å²) in [6.07, 6.45) is 14.2. The minimum absolute atomic E-state index is 0.0290. The first-order chi connectivity index (χ1) is 17.7. The van der Waals surface area contributed by atoms with Crippen molar-refractivity contribution in [2.75, 3.05) is 7.11 Å². The highest BCUT2D eigenvalue weighted by Crippen LogP contribution is 2.36. The van der Waals surface area contributed by atoms with Crippen molar-refractivity contribution in [2.24, 2.45) is 0 Å². The largest absolute Gasteiger partial charge is 0.497 e. The van der Waals surface area contributed by atoms with E-state index in [0.717, 1.165) is 66.6 Å². The Balaban J connectivity index is 1.52. The topological polar surface area (TPSA) is 88.9 Å². The smallest absolute Gasteiger partial charge is 0.252 e. The maximum absolute atomic E-state index is 13.3. The molecule has 2 heterocycles. The number of nitrogens with one attached hydrogen (secondary N) is 1. The van der Waals surface area contributed by atoms with Gasteiger partial charge in [0.25, 0.3) is 5.56 Å². The Morgan fingerprint density at radius 2 is 1.83 bits per heavy atom. The van der Waals surface area contributed by atoms with Gasteiger partial charge in [0.05, 0.1) is 24.7 Å². The molecule has 0 saturated heterocycles. The Bertz CT molecular complexity index is 1190. The summed E-state index contributed by atoms with van der Waals surface area (Å²) in [6, 6.07) is 8.82. The highest BCUT2D eigenvalue weighted by atomic mass is 16.5. The van der Waals surface area contributed by atoms with Crippen LogP contribution in [0.15, 0.2) is 29.1 Å². The van der Waals surface area contributed by atoms with Gasteiger partial charge in [-0.05, 0) is 66.1 Å². The summed E-state index contributed by atoms with van der Waals surface area (Å²) in [4.78, 5) is 18.9. The van der Waals surface area contributed by atoms with Crippen molar-refractivity contribution in [1.29, 1.82) is 0 Å². The molecule has 0 unspecified atom stereocenters. The first-order valence-corrected chi connectivity index (χ1v) is 13.9. The Morgan fingerprint density at radius 1 is 1.08 bits per heavy atom. The number of pyridine rings is 1. The Labute approximate surface area is 213 Å². The summed E-state index contributed by atoms with van der Waals surface area (Å²) < 4.78 is 7.48.